The third kappa shape index (κ3) is 1.54. The van der Waals surface area contributed by atoms with Crippen LogP contribution in [0, 0.1) is 0 Å². The van der Waals surface area contributed by atoms with E-state index in [0.717, 1.165) is 25.2 Å². The minimum atomic E-state index is 0.901. The van der Waals surface area contributed by atoms with E-state index >= 15 is 0 Å². The molecule has 1 aliphatic carbocycles. The van der Waals surface area contributed by atoms with Gasteiger partial charge in [-0.25, -0.2) is 4.68 Å². The monoisotopic (exact) mass is 209 g/mol. The van der Waals surface area contributed by atoms with Crippen LogP contribution >= 0.6 is 12.2 Å². The number of nitrogens with one attached hydrogen (secondary N) is 1. The molecule has 0 saturated heterocycles. The number of rotatable bonds is 3. The molecule has 4 heteroatoms. The van der Waals surface area contributed by atoms with E-state index in [0.29, 0.717) is 0 Å². The van der Waals surface area contributed by atoms with E-state index in [1.807, 2.05) is 4.68 Å². The van der Waals surface area contributed by atoms with Crippen molar-refractivity contribution in [1.82, 2.24) is 9.78 Å². The molecular weight excluding hydrogens is 194 g/mol. The fourth-order valence-corrected chi connectivity index (χ4v) is 2.16. The Morgan fingerprint density at radius 1 is 1.50 bits per heavy atom. The van der Waals surface area contributed by atoms with Gasteiger partial charge in [0.1, 0.15) is 5.82 Å². The second-order valence-electron chi connectivity index (χ2n) is 3.56. The summed E-state index contributed by atoms with van der Waals surface area (Å²) in [6.07, 6.45) is 4.80. The number of aromatic nitrogens is 2. The predicted molar refractivity (Wildman–Crippen MR) is 61.8 cm³/mol. The van der Waals surface area contributed by atoms with E-state index < -0.39 is 0 Å². The highest BCUT2D eigenvalue weighted by Gasteiger charge is 2.19. The van der Waals surface area contributed by atoms with Crippen LogP contribution in [-0.4, -0.2) is 15.3 Å². The maximum absolute atomic E-state index is 4.84. The SMILES string of the molecule is CCn1nc2c(c1NC=S)CCCC2. The normalized spacial score (nSPS) is 14.9. The Hall–Kier alpha value is -0.900. The Kier molecular flexibility index (Phi) is 2.82. The summed E-state index contributed by atoms with van der Waals surface area (Å²) in [5.74, 6) is 1.11. The van der Waals surface area contributed by atoms with Crippen LogP contribution in [0.5, 0.6) is 0 Å². The molecule has 0 saturated carbocycles. The first kappa shape index (κ1) is 9.65. The Morgan fingerprint density at radius 3 is 3.00 bits per heavy atom. The van der Waals surface area contributed by atoms with E-state index in [4.69, 9.17) is 12.2 Å². The summed E-state index contributed by atoms with van der Waals surface area (Å²) in [5.41, 5.74) is 4.20. The summed E-state index contributed by atoms with van der Waals surface area (Å²) in [5, 5.41) is 7.70. The minimum Gasteiger partial charge on any atom is -0.337 e. The second kappa shape index (κ2) is 4.09. The van der Waals surface area contributed by atoms with Gasteiger partial charge in [0, 0.05) is 12.1 Å². The van der Waals surface area contributed by atoms with Crippen LogP contribution in [0.15, 0.2) is 0 Å². The summed E-state index contributed by atoms with van der Waals surface area (Å²) >= 11 is 4.84. The molecular formula is C10H15N3S. The number of nitrogens with zero attached hydrogens (tertiary/aromatic N) is 2. The highest BCUT2D eigenvalue weighted by atomic mass is 32.1. The van der Waals surface area contributed by atoms with Crippen molar-refractivity contribution in [1.29, 1.82) is 0 Å². The fourth-order valence-electron chi connectivity index (χ4n) is 2.05. The van der Waals surface area contributed by atoms with Gasteiger partial charge in [-0.3, -0.25) is 0 Å². The molecule has 0 bridgehead atoms. The van der Waals surface area contributed by atoms with Crippen molar-refractivity contribution in [3.8, 4) is 0 Å². The molecule has 1 aromatic rings. The first-order chi connectivity index (χ1) is 6.86. The zero-order valence-electron chi connectivity index (χ0n) is 8.42. The van der Waals surface area contributed by atoms with Gasteiger partial charge in [0.05, 0.1) is 11.2 Å². The standard InChI is InChI=1S/C10H15N3S/c1-2-13-10(11-7-14)8-5-3-4-6-9(8)12-13/h7H,2-6H2,1H3,(H,11,14). The van der Waals surface area contributed by atoms with Crippen molar-refractivity contribution < 1.29 is 0 Å². The topological polar surface area (TPSA) is 29.9 Å². The summed E-state index contributed by atoms with van der Waals surface area (Å²) in [6, 6.07) is 0. The summed E-state index contributed by atoms with van der Waals surface area (Å²) in [4.78, 5) is 0. The highest BCUT2D eigenvalue weighted by molar-refractivity contribution is 7.79. The molecule has 0 radical (unpaired) electrons. The summed E-state index contributed by atoms with van der Waals surface area (Å²) in [6.45, 7) is 3.01. The molecule has 0 fully saturated rings. The lowest BCUT2D eigenvalue weighted by molar-refractivity contribution is 0.635. The van der Waals surface area contributed by atoms with Crippen LogP contribution in [0.2, 0.25) is 0 Å². The molecule has 0 atom stereocenters. The molecule has 3 nitrogen and oxygen atoms in total. The minimum absolute atomic E-state index is 0.901. The van der Waals surface area contributed by atoms with E-state index in [9.17, 15) is 0 Å². The molecule has 0 amide bonds. The second-order valence-corrected chi connectivity index (χ2v) is 3.79. The highest BCUT2D eigenvalue weighted by Crippen LogP contribution is 2.27. The van der Waals surface area contributed by atoms with Crippen molar-refractivity contribution in [2.45, 2.75) is 39.2 Å². The van der Waals surface area contributed by atoms with Gasteiger partial charge in [-0.2, -0.15) is 5.10 Å². The zero-order valence-corrected chi connectivity index (χ0v) is 9.23. The number of anilines is 1. The van der Waals surface area contributed by atoms with Crippen LogP contribution in [0.25, 0.3) is 0 Å². The number of fused-ring (bicyclic) bond motifs is 1. The van der Waals surface area contributed by atoms with Crippen LogP contribution < -0.4 is 5.32 Å². The van der Waals surface area contributed by atoms with Gasteiger partial charge in [-0.15, -0.1) is 0 Å². The Morgan fingerprint density at radius 2 is 2.29 bits per heavy atom. The average Bonchev–Trinajstić information content (AvgIpc) is 2.58. The lowest BCUT2D eigenvalue weighted by atomic mass is 9.97. The van der Waals surface area contributed by atoms with Crippen molar-refractivity contribution in [3.63, 3.8) is 0 Å². The molecule has 1 aromatic heterocycles. The number of aryl methyl sites for hydroxylation is 2. The maximum Gasteiger partial charge on any atom is 0.132 e. The van der Waals surface area contributed by atoms with E-state index in [1.54, 1.807) is 5.49 Å². The van der Waals surface area contributed by atoms with Crippen molar-refractivity contribution in [2.24, 2.45) is 0 Å². The first-order valence-electron chi connectivity index (χ1n) is 5.15. The Labute approximate surface area is 89.5 Å². The molecule has 1 aliphatic rings. The quantitative estimate of drug-likeness (QED) is 0.774. The third-order valence-electron chi connectivity index (χ3n) is 2.72. The van der Waals surface area contributed by atoms with Gasteiger partial charge >= 0.3 is 0 Å². The van der Waals surface area contributed by atoms with Crippen molar-refractivity contribution in [2.75, 3.05) is 5.32 Å². The molecule has 2 rings (SSSR count). The van der Waals surface area contributed by atoms with Crippen LogP contribution in [-0.2, 0) is 19.4 Å². The zero-order chi connectivity index (χ0) is 9.97. The molecule has 1 N–H and O–H groups in total. The number of thiocarbonyl (C=S) groups is 1. The van der Waals surface area contributed by atoms with Crippen LogP contribution in [0.4, 0.5) is 5.82 Å². The van der Waals surface area contributed by atoms with Crippen LogP contribution in [0.3, 0.4) is 0 Å². The molecule has 0 aromatic carbocycles. The van der Waals surface area contributed by atoms with Gasteiger partial charge in [-0.05, 0) is 32.6 Å². The summed E-state index contributed by atoms with van der Waals surface area (Å²) in [7, 11) is 0. The van der Waals surface area contributed by atoms with E-state index in [1.165, 1.54) is 24.1 Å². The van der Waals surface area contributed by atoms with Crippen LogP contribution in [0.1, 0.15) is 31.0 Å². The van der Waals surface area contributed by atoms with Gasteiger partial charge in [0.15, 0.2) is 0 Å². The molecule has 0 aliphatic heterocycles. The number of hydrogen-bond acceptors (Lipinski definition) is 2. The molecule has 1 heterocycles. The lowest BCUT2D eigenvalue weighted by Crippen LogP contribution is -2.06. The third-order valence-corrected chi connectivity index (χ3v) is 2.84. The summed E-state index contributed by atoms with van der Waals surface area (Å²) < 4.78 is 2.01. The molecule has 0 spiro atoms. The van der Waals surface area contributed by atoms with Gasteiger partial charge in [-0.1, -0.05) is 12.2 Å². The fraction of sp³-hybridized carbons (Fsp3) is 0.600. The predicted octanol–water partition coefficient (Wildman–Crippen LogP) is 2.15. The maximum atomic E-state index is 4.84. The van der Waals surface area contributed by atoms with Crippen molar-refractivity contribution in [3.05, 3.63) is 11.3 Å². The Bertz CT molecular complexity index is 343. The molecule has 0 unspecified atom stereocenters. The largest absolute Gasteiger partial charge is 0.337 e. The molecule has 14 heavy (non-hydrogen) atoms. The lowest BCUT2D eigenvalue weighted by Gasteiger charge is -2.10. The number of hydrogen-bond donors (Lipinski definition) is 1. The van der Waals surface area contributed by atoms with E-state index in [2.05, 4.69) is 17.3 Å². The van der Waals surface area contributed by atoms with Gasteiger partial charge in [0.25, 0.3) is 0 Å². The van der Waals surface area contributed by atoms with Crippen molar-refractivity contribution >= 4 is 23.5 Å². The van der Waals surface area contributed by atoms with Gasteiger partial charge in [0.2, 0.25) is 0 Å². The van der Waals surface area contributed by atoms with E-state index in [-0.39, 0.29) is 0 Å². The average molecular weight is 209 g/mol. The smallest absolute Gasteiger partial charge is 0.132 e. The van der Waals surface area contributed by atoms with Gasteiger partial charge < -0.3 is 5.32 Å². The Balaban J connectivity index is 2.42. The molecule has 76 valence electrons. The first-order valence-corrected chi connectivity index (χ1v) is 5.62.